The van der Waals surface area contributed by atoms with E-state index >= 15 is 0 Å². The highest BCUT2D eigenvalue weighted by Gasteiger charge is 2.36. The predicted octanol–water partition coefficient (Wildman–Crippen LogP) is 4.46. The van der Waals surface area contributed by atoms with E-state index in [-0.39, 0.29) is 16.4 Å². The van der Waals surface area contributed by atoms with Gasteiger partial charge in [0, 0.05) is 15.7 Å². The number of nitrogens with one attached hydrogen (secondary N) is 1. The Balaban J connectivity index is 1.76. The Morgan fingerprint density at radius 3 is 2.63 bits per heavy atom. The smallest absolute Gasteiger partial charge is 0.294 e. The average Bonchev–Trinajstić information content (AvgIpc) is 2.94. The molecule has 9 heteroatoms. The van der Waals surface area contributed by atoms with E-state index in [0.717, 1.165) is 16.0 Å². The van der Waals surface area contributed by atoms with Crippen LogP contribution in [-0.4, -0.2) is 40.7 Å². The maximum atomic E-state index is 12.7. The van der Waals surface area contributed by atoms with Crippen LogP contribution >= 0.6 is 27.7 Å². The lowest BCUT2D eigenvalue weighted by Gasteiger charge is -2.13. The van der Waals surface area contributed by atoms with Gasteiger partial charge in [-0.25, -0.2) is 0 Å². The van der Waals surface area contributed by atoms with Gasteiger partial charge in [-0.3, -0.25) is 19.3 Å². The van der Waals surface area contributed by atoms with E-state index in [0.29, 0.717) is 27.5 Å². The summed E-state index contributed by atoms with van der Waals surface area (Å²) in [5.41, 5.74) is 3.02. The number of imide groups is 1. The summed E-state index contributed by atoms with van der Waals surface area (Å²) in [5.74, 6) is -1.00. The van der Waals surface area contributed by atoms with Gasteiger partial charge in [0.05, 0.1) is 12.0 Å². The molecule has 1 fully saturated rings. The van der Waals surface area contributed by atoms with Crippen LogP contribution in [0.25, 0.3) is 6.08 Å². The fourth-order valence-electron chi connectivity index (χ4n) is 2.80. The number of nitrogens with zero attached hydrogens (tertiary/aromatic N) is 1. The zero-order chi connectivity index (χ0) is 22.0. The van der Waals surface area contributed by atoms with Gasteiger partial charge in [0.1, 0.15) is 6.54 Å². The van der Waals surface area contributed by atoms with Crippen molar-refractivity contribution in [3.05, 3.63) is 56.4 Å². The van der Waals surface area contributed by atoms with Crippen molar-refractivity contribution in [1.82, 2.24) is 4.90 Å². The minimum absolute atomic E-state index is 0.106. The molecule has 0 spiro atoms. The van der Waals surface area contributed by atoms with Gasteiger partial charge < -0.3 is 15.2 Å². The van der Waals surface area contributed by atoms with Crippen molar-refractivity contribution in [2.24, 2.45) is 0 Å². The van der Waals surface area contributed by atoms with Gasteiger partial charge in [0.2, 0.25) is 5.91 Å². The first-order valence-corrected chi connectivity index (χ1v) is 10.5. The van der Waals surface area contributed by atoms with Gasteiger partial charge in [-0.05, 0) is 67.1 Å². The van der Waals surface area contributed by atoms with Crippen molar-refractivity contribution in [3.8, 4) is 11.5 Å². The summed E-state index contributed by atoms with van der Waals surface area (Å²) in [6, 6.07) is 8.64. The molecule has 0 radical (unpaired) electrons. The number of benzene rings is 2. The molecule has 1 aliphatic heterocycles. The number of anilines is 1. The van der Waals surface area contributed by atoms with Gasteiger partial charge in [-0.2, -0.15) is 0 Å². The number of rotatable bonds is 5. The molecule has 0 aliphatic carbocycles. The first-order valence-electron chi connectivity index (χ1n) is 8.88. The number of methoxy groups -OCH3 is 1. The highest BCUT2D eigenvalue weighted by Crippen LogP contribution is 2.38. The average molecular weight is 491 g/mol. The van der Waals surface area contributed by atoms with E-state index in [4.69, 9.17) is 4.74 Å². The molecule has 3 rings (SSSR count). The first kappa shape index (κ1) is 21.9. The van der Waals surface area contributed by atoms with E-state index in [1.54, 1.807) is 18.2 Å². The summed E-state index contributed by atoms with van der Waals surface area (Å²) < 4.78 is 5.73. The van der Waals surface area contributed by atoms with Crippen molar-refractivity contribution in [3.63, 3.8) is 0 Å². The minimum Gasteiger partial charge on any atom is -0.504 e. The number of phenols is 1. The Kier molecular flexibility index (Phi) is 6.52. The molecule has 0 atom stereocenters. The van der Waals surface area contributed by atoms with Crippen LogP contribution in [0.1, 0.15) is 16.7 Å². The molecule has 156 valence electrons. The van der Waals surface area contributed by atoms with Crippen LogP contribution in [0.2, 0.25) is 0 Å². The highest BCUT2D eigenvalue weighted by molar-refractivity contribution is 9.10. The number of phenolic OH excluding ortho intramolecular Hbond substituents is 1. The number of hydrogen-bond acceptors (Lipinski definition) is 6. The second-order valence-electron chi connectivity index (χ2n) is 6.66. The monoisotopic (exact) mass is 490 g/mol. The molecular weight excluding hydrogens is 472 g/mol. The third kappa shape index (κ3) is 4.68. The van der Waals surface area contributed by atoms with E-state index in [1.807, 2.05) is 26.0 Å². The van der Waals surface area contributed by atoms with Crippen LogP contribution in [0.5, 0.6) is 11.5 Å². The number of aryl methyl sites for hydroxylation is 2. The van der Waals surface area contributed by atoms with Gasteiger partial charge in [0.25, 0.3) is 11.1 Å². The lowest BCUT2D eigenvalue weighted by molar-refractivity contribution is -0.127. The van der Waals surface area contributed by atoms with Crippen LogP contribution in [-0.2, 0) is 9.59 Å². The normalized spacial score (nSPS) is 15.1. The number of aromatic hydroxyl groups is 1. The lowest BCUT2D eigenvalue weighted by atomic mass is 10.1. The molecule has 0 saturated carbocycles. The van der Waals surface area contributed by atoms with E-state index in [9.17, 15) is 19.5 Å². The predicted molar refractivity (Wildman–Crippen MR) is 120 cm³/mol. The number of carbonyl (C=O) groups excluding carboxylic acids is 3. The zero-order valence-corrected chi connectivity index (χ0v) is 18.9. The summed E-state index contributed by atoms with van der Waals surface area (Å²) in [6.07, 6.45) is 1.40. The van der Waals surface area contributed by atoms with Crippen molar-refractivity contribution < 1.29 is 24.2 Å². The molecular formula is C21H19BrN2O5S. The molecule has 30 heavy (non-hydrogen) atoms. The molecule has 2 aromatic rings. The van der Waals surface area contributed by atoms with Crippen LogP contribution in [0.15, 0.2) is 39.7 Å². The Hall–Kier alpha value is -2.78. The summed E-state index contributed by atoms with van der Waals surface area (Å²) in [7, 11) is 1.41. The van der Waals surface area contributed by atoms with Gasteiger partial charge >= 0.3 is 0 Å². The van der Waals surface area contributed by atoms with Gasteiger partial charge in [-0.1, -0.05) is 22.0 Å². The van der Waals surface area contributed by atoms with Crippen LogP contribution < -0.4 is 10.1 Å². The highest BCUT2D eigenvalue weighted by atomic mass is 79.9. The first-order chi connectivity index (χ1) is 14.2. The molecule has 3 amide bonds. The van der Waals surface area contributed by atoms with Crippen LogP contribution in [0, 0.1) is 13.8 Å². The largest absolute Gasteiger partial charge is 0.504 e. The summed E-state index contributed by atoms with van der Waals surface area (Å²) in [4.78, 5) is 38.3. The molecule has 0 aromatic heterocycles. The molecule has 1 aliphatic rings. The molecule has 0 unspecified atom stereocenters. The molecule has 0 bridgehead atoms. The number of amides is 3. The van der Waals surface area contributed by atoms with E-state index in [2.05, 4.69) is 21.2 Å². The summed E-state index contributed by atoms with van der Waals surface area (Å²) in [5, 5.41) is 12.4. The third-order valence-corrected chi connectivity index (χ3v) is 5.91. The van der Waals surface area contributed by atoms with Gasteiger partial charge in [0.15, 0.2) is 11.5 Å². The maximum absolute atomic E-state index is 12.7. The van der Waals surface area contributed by atoms with Crippen LogP contribution in [0.4, 0.5) is 10.5 Å². The van der Waals surface area contributed by atoms with Crippen molar-refractivity contribution in [1.29, 1.82) is 0 Å². The fraction of sp³-hybridized carbons (Fsp3) is 0.190. The number of hydrogen-bond donors (Lipinski definition) is 2. The zero-order valence-electron chi connectivity index (χ0n) is 16.5. The fourth-order valence-corrected chi connectivity index (χ4v) is 4.08. The Bertz CT molecular complexity index is 1080. The summed E-state index contributed by atoms with van der Waals surface area (Å²) in [6.45, 7) is 3.49. The molecule has 1 saturated heterocycles. The van der Waals surface area contributed by atoms with E-state index < -0.39 is 23.6 Å². The molecule has 2 N–H and O–H groups in total. The lowest BCUT2D eigenvalue weighted by Crippen LogP contribution is -2.36. The number of ether oxygens (including phenoxy) is 1. The maximum Gasteiger partial charge on any atom is 0.294 e. The second kappa shape index (κ2) is 8.93. The molecule has 1 heterocycles. The SMILES string of the molecule is COc1cc(Br)cc(C=C2SC(=O)N(CC(=O)Nc3ccc(C)c(C)c3)C2=O)c1O. The molecule has 2 aromatic carbocycles. The standard InChI is InChI=1S/C21H19BrN2O5S/c1-11-4-5-15(6-12(11)2)23-18(25)10-24-20(27)17(30-21(24)28)8-13-7-14(22)9-16(29-3)19(13)26/h4-9,26H,10H2,1-3H3,(H,23,25). The Labute approximate surface area is 186 Å². The third-order valence-electron chi connectivity index (χ3n) is 4.54. The number of carbonyl (C=O) groups is 3. The topological polar surface area (TPSA) is 95.9 Å². The van der Waals surface area contributed by atoms with E-state index in [1.165, 1.54) is 13.2 Å². The quantitative estimate of drug-likeness (QED) is 0.600. The summed E-state index contributed by atoms with van der Waals surface area (Å²) >= 11 is 4.02. The van der Waals surface area contributed by atoms with Crippen molar-refractivity contribution in [2.45, 2.75) is 13.8 Å². The van der Waals surface area contributed by atoms with Crippen LogP contribution in [0.3, 0.4) is 0 Å². The number of thioether (sulfide) groups is 1. The molecule has 7 nitrogen and oxygen atoms in total. The van der Waals surface area contributed by atoms with Crippen molar-refractivity contribution in [2.75, 3.05) is 19.0 Å². The van der Waals surface area contributed by atoms with Crippen molar-refractivity contribution >= 4 is 56.5 Å². The Morgan fingerprint density at radius 1 is 1.23 bits per heavy atom. The Morgan fingerprint density at radius 2 is 1.97 bits per heavy atom. The number of halogens is 1. The van der Waals surface area contributed by atoms with Gasteiger partial charge in [-0.15, -0.1) is 0 Å². The minimum atomic E-state index is -0.599. The second-order valence-corrected chi connectivity index (χ2v) is 8.57.